The van der Waals surface area contributed by atoms with E-state index in [0.29, 0.717) is 12.2 Å². The molecule has 1 atom stereocenters. The highest BCUT2D eigenvalue weighted by Gasteiger charge is 2.27. The Bertz CT molecular complexity index is 526. The zero-order valence-corrected chi connectivity index (χ0v) is 11.3. The van der Waals surface area contributed by atoms with Gasteiger partial charge in [-0.1, -0.05) is 0 Å². The van der Waals surface area contributed by atoms with Crippen molar-refractivity contribution in [2.75, 3.05) is 24.5 Å². The summed E-state index contributed by atoms with van der Waals surface area (Å²) in [6.45, 7) is 4.25. The fourth-order valence-electron chi connectivity index (χ4n) is 2.59. The predicted molar refractivity (Wildman–Crippen MR) is 75.9 cm³/mol. The van der Waals surface area contributed by atoms with Crippen LogP contribution < -0.4 is 16.0 Å². The van der Waals surface area contributed by atoms with Gasteiger partial charge in [0.2, 0.25) is 5.91 Å². The number of primary amides is 1. The van der Waals surface area contributed by atoms with Crippen molar-refractivity contribution in [3.63, 3.8) is 0 Å². The van der Waals surface area contributed by atoms with E-state index in [1.807, 2.05) is 11.8 Å². The number of nitrogens with one attached hydrogen (secondary N) is 1. The molecule has 7 heteroatoms. The lowest BCUT2D eigenvalue weighted by Crippen LogP contribution is -2.37. The third kappa shape index (κ3) is 2.72. The standard InChI is InChI=1S/C13H18N4O3/c1-2-16(10-5-6-15-8-10)12-7-9(13(14)18)3-4-11(12)17(19)20/h3-4,7,10,15H,2,5-6,8H2,1H3,(H2,14,18). The normalized spacial score (nSPS) is 17.9. The van der Waals surface area contributed by atoms with Crippen molar-refractivity contribution in [1.82, 2.24) is 5.32 Å². The first-order valence-electron chi connectivity index (χ1n) is 6.60. The van der Waals surface area contributed by atoms with E-state index in [1.165, 1.54) is 18.2 Å². The minimum atomic E-state index is -0.582. The molecule has 0 saturated carbocycles. The van der Waals surface area contributed by atoms with Crippen LogP contribution in [0.15, 0.2) is 18.2 Å². The monoisotopic (exact) mass is 278 g/mol. The van der Waals surface area contributed by atoms with Gasteiger partial charge in [-0.25, -0.2) is 0 Å². The van der Waals surface area contributed by atoms with Gasteiger partial charge in [0.25, 0.3) is 5.69 Å². The molecule has 1 aliphatic heterocycles. The van der Waals surface area contributed by atoms with Crippen LogP contribution in [0, 0.1) is 10.1 Å². The number of anilines is 1. The summed E-state index contributed by atoms with van der Waals surface area (Å²) in [5.74, 6) is -0.582. The van der Waals surface area contributed by atoms with E-state index in [1.54, 1.807) is 0 Å². The van der Waals surface area contributed by atoms with Crippen molar-refractivity contribution in [3.05, 3.63) is 33.9 Å². The molecule has 20 heavy (non-hydrogen) atoms. The minimum Gasteiger partial charge on any atom is -0.366 e. The second-order valence-corrected chi connectivity index (χ2v) is 4.76. The van der Waals surface area contributed by atoms with Gasteiger partial charge in [-0.15, -0.1) is 0 Å². The molecule has 0 radical (unpaired) electrons. The number of amides is 1. The summed E-state index contributed by atoms with van der Waals surface area (Å²) >= 11 is 0. The molecule has 3 N–H and O–H groups in total. The SMILES string of the molecule is CCN(c1cc(C(N)=O)ccc1[N+](=O)[O-])C1CCNC1. The van der Waals surface area contributed by atoms with Crippen molar-refractivity contribution in [2.24, 2.45) is 5.73 Å². The number of nitro benzene ring substituents is 1. The number of hydrogen-bond acceptors (Lipinski definition) is 5. The Kier molecular flexibility index (Phi) is 4.19. The average molecular weight is 278 g/mol. The Hall–Kier alpha value is -2.15. The molecule has 1 fully saturated rings. The molecule has 1 aromatic rings. The third-order valence-corrected chi connectivity index (χ3v) is 3.58. The molecule has 0 aliphatic carbocycles. The number of rotatable bonds is 5. The lowest BCUT2D eigenvalue weighted by Gasteiger charge is -2.29. The maximum atomic E-state index is 11.3. The van der Waals surface area contributed by atoms with E-state index in [9.17, 15) is 14.9 Å². The van der Waals surface area contributed by atoms with Crippen LogP contribution in [0.2, 0.25) is 0 Å². The molecule has 1 heterocycles. The Morgan fingerprint density at radius 2 is 2.35 bits per heavy atom. The second kappa shape index (κ2) is 5.87. The molecule has 2 rings (SSSR count). The van der Waals surface area contributed by atoms with Crippen LogP contribution in [-0.4, -0.2) is 36.5 Å². The van der Waals surface area contributed by atoms with Crippen molar-refractivity contribution in [1.29, 1.82) is 0 Å². The van der Waals surface area contributed by atoms with Crippen LogP contribution >= 0.6 is 0 Å². The highest BCUT2D eigenvalue weighted by Crippen LogP contribution is 2.31. The first kappa shape index (κ1) is 14.3. The van der Waals surface area contributed by atoms with Crippen molar-refractivity contribution >= 4 is 17.3 Å². The van der Waals surface area contributed by atoms with Gasteiger partial charge in [0.05, 0.1) is 4.92 Å². The number of benzene rings is 1. The molecule has 0 aromatic heterocycles. The maximum absolute atomic E-state index is 11.3. The van der Waals surface area contributed by atoms with E-state index in [4.69, 9.17) is 5.73 Å². The van der Waals surface area contributed by atoms with Gasteiger partial charge >= 0.3 is 0 Å². The molecule has 108 valence electrons. The highest BCUT2D eigenvalue weighted by atomic mass is 16.6. The van der Waals surface area contributed by atoms with Crippen LogP contribution in [0.25, 0.3) is 0 Å². The van der Waals surface area contributed by atoms with E-state index < -0.39 is 10.8 Å². The number of nitrogens with two attached hydrogens (primary N) is 1. The molecule has 1 amide bonds. The zero-order chi connectivity index (χ0) is 14.7. The number of nitro groups is 1. The Morgan fingerprint density at radius 1 is 1.60 bits per heavy atom. The highest BCUT2D eigenvalue weighted by molar-refractivity contribution is 5.94. The van der Waals surface area contributed by atoms with Crippen molar-refractivity contribution in [3.8, 4) is 0 Å². The average Bonchev–Trinajstić information content (AvgIpc) is 2.93. The molecule has 0 spiro atoms. The van der Waals surface area contributed by atoms with E-state index in [0.717, 1.165) is 19.5 Å². The van der Waals surface area contributed by atoms with Crippen LogP contribution in [0.4, 0.5) is 11.4 Å². The quantitative estimate of drug-likeness (QED) is 0.615. The number of hydrogen-bond donors (Lipinski definition) is 2. The molecule has 1 saturated heterocycles. The Balaban J connectivity index is 2.46. The van der Waals surface area contributed by atoms with Crippen LogP contribution in [-0.2, 0) is 0 Å². The Morgan fingerprint density at radius 3 is 2.85 bits per heavy atom. The molecule has 1 unspecified atom stereocenters. The number of carbonyl (C=O) groups is 1. The summed E-state index contributed by atoms with van der Waals surface area (Å²) in [5.41, 5.74) is 6.02. The molecule has 1 aliphatic rings. The summed E-state index contributed by atoms with van der Waals surface area (Å²) < 4.78 is 0. The van der Waals surface area contributed by atoms with Crippen LogP contribution in [0.5, 0.6) is 0 Å². The van der Waals surface area contributed by atoms with Crippen molar-refractivity contribution < 1.29 is 9.72 Å². The van der Waals surface area contributed by atoms with Gasteiger partial charge < -0.3 is 16.0 Å². The molecule has 0 bridgehead atoms. The Labute approximate surface area is 116 Å². The van der Waals surface area contributed by atoms with Gasteiger partial charge in [0.15, 0.2) is 0 Å². The lowest BCUT2D eigenvalue weighted by atomic mass is 10.1. The molecular weight excluding hydrogens is 260 g/mol. The summed E-state index contributed by atoms with van der Waals surface area (Å²) in [6.07, 6.45) is 0.922. The number of nitrogens with zero attached hydrogens (tertiary/aromatic N) is 2. The summed E-state index contributed by atoms with van der Waals surface area (Å²) in [6, 6.07) is 4.45. The van der Waals surface area contributed by atoms with E-state index in [-0.39, 0.29) is 17.3 Å². The second-order valence-electron chi connectivity index (χ2n) is 4.76. The molecule has 1 aromatic carbocycles. The lowest BCUT2D eigenvalue weighted by molar-refractivity contribution is -0.384. The van der Waals surface area contributed by atoms with Gasteiger partial charge in [-0.2, -0.15) is 0 Å². The fourth-order valence-corrected chi connectivity index (χ4v) is 2.59. The summed E-state index contributed by atoms with van der Waals surface area (Å²) in [7, 11) is 0. The summed E-state index contributed by atoms with van der Waals surface area (Å²) in [4.78, 5) is 24.0. The van der Waals surface area contributed by atoms with Crippen molar-refractivity contribution in [2.45, 2.75) is 19.4 Å². The molecular formula is C13H18N4O3. The maximum Gasteiger partial charge on any atom is 0.292 e. The third-order valence-electron chi connectivity index (χ3n) is 3.58. The fraction of sp³-hybridized carbons (Fsp3) is 0.462. The zero-order valence-electron chi connectivity index (χ0n) is 11.3. The van der Waals surface area contributed by atoms with Gasteiger partial charge in [0.1, 0.15) is 5.69 Å². The largest absolute Gasteiger partial charge is 0.366 e. The van der Waals surface area contributed by atoms with Crippen LogP contribution in [0.1, 0.15) is 23.7 Å². The van der Waals surface area contributed by atoms with Crippen LogP contribution in [0.3, 0.4) is 0 Å². The number of carbonyl (C=O) groups excluding carboxylic acids is 1. The topological polar surface area (TPSA) is 102 Å². The van der Waals surface area contributed by atoms with E-state index >= 15 is 0 Å². The summed E-state index contributed by atoms with van der Waals surface area (Å²) in [5, 5.41) is 14.4. The first-order chi connectivity index (χ1) is 9.54. The predicted octanol–water partition coefficient (Wildman–Crippen LogP) is 0.882. The van der Waals surface area contributed by atoms with Gasteiger partial charge in [0, 0.05) is 30.8 Å². The van der Waals surface area contributed by atoms with Gasteiger partial charge in [-0.3, -0.25) is 14.9 Å². The van der Waals surface area contributed by atoms with E-state index in [2.05, 4.69) is 5.32 Å². The van der Waals surface area contributed by atoms with Gasteiger partial charge in [-0.05, 0) is 32.0 Å². The first-order valence-corrected chi connectivity index (χ1v) is 6.60. The molecule has 7 nitrogen and oxygen atoms in total. The smallest absolute Gasteiger partial charge is 0.292 e. The minimum absolute atomic E-state index is 0.00347. The number of likely N-dealkylation sites (N-methyl/N-ethyl adjacent to an activating group) is 1.